The Morgan fingerprint density at radius 1 is 1.14 bits per heavy atom. The monoisotopic (exact) mass is 223 g/mol. The van der Waals surface area contributed by atoms with Gasteiger partial charge in [0, 0.05) is 7.11 Å². The van der Waals surface area contributed by atoms with Gasteiger partial charge in [0.1, 0.15) is 0 Å². The van der Waals surface area contributed by atoms with Gasteiger partial charge < -0.3 is 13.9 Å². The van der Waals surface area contributed by atoms with Crippen LogP contribution in [0, 0.1) is 0 Å². The van der Waals surface area contributed by atoms with E-state index < -0.39 is 7.82 Å². The van der Waals surface area contributed by atoms with Crippen molar-refractivity contribution in [3.8, 4) is 0 Å². The standard InChI is InChI=1S/C9H21O4P/c1-3-4-5-6-7-8-9-13-14(10,11)12-2/h3-9H2,1-2H3,(H,10,11)/p-1. The molecule has 0 aliphatic carbocycles. The SMILES string of the molecule is CCCCCCCCOP(=O)([O-])OC. The minimum Gasteiger partial charge on any atom is -0.756 e. The highest BCUT2D eigenvalue weighted by Crippen LogP contribution is 2.36. The predicted octanol–water partition coefficient (Wildman–Crippen LogP) is 2.48. The Labute approximate surface area is 86.2 Å². The molecule has 0 rings (SSSR count). The summed E-state index contributed by atoms with van der Waals surface area (Å²) in [6.07, 6.45) is 6.63. The molecule has 5 heteroatoms. The van der Waals surface area contributed by atoms with Gasteiger partial charge in [0.15, 0.2) is 0 Å². The molecule has 0 N–H and O–H groups in total. The number of phosphoric ester groups is 1. The highest BCUT2D eigenvalue weighted by Gasteiger charge is 2.04. The van der Waals surface area contributed by atoms with E-state index in [9.17, 15) is 9.46 Å². The van der Waals surface area contributed by atoms with Gasteiger partial charge in [0.05, 0.1) is 6.61 Å². The summed E-state index contributed by atoms with van der Waals surface area (Å²) in [5.41, 5.74) is 0. The number of hydrogen-bond donors (Lipinski definition) is 0. The Morgan fingerprint density at radius 2 is 1.71 bits per heavy atom. The molecule has 1 unspecified atom stereocenters. The summed E-state index contributed by atoms with van der Waals surface area (Å²) in [4.78, 5) is 10.7. The molecule has 0 saturated heterocycles. The van der Waals surface area contributed by atoms with Crippen LogP contribution in [0.25, 0.3) is 0 Å². The van der Waals surface area contributed by atoms with Gasteiger partial charge in [-0.25, -0.2) is 0 Å². The Bertz CT molecular complexity index is 172. The van der Waals surface area contributed by atoms with Crippen molar-refractivity contribution in [2.45, 2.75) is 45.4 Å². The van der Waals surface area contributed by atoms with Crippen LogP contribution >= 0.6 is 7.82 Å². The van der Waals surface area contributed by atoms with Gasteiger partial charge in [-0.05, 0) is 6.42 Å². The number of phosphoric acid groups is 1. The highest BCUT2D eigenvalue weighted by molar-refractivity contribution is 7.45. The number of unbranched alkanes of at least 4 members (excludes halogenated alkanes) is 5. The van der Waals surface area contributed by atoms with Crippen LogP contribution in [0.1, 0.15) is 45.4 Å². The summed E-state index contributed by atoms with van der Waals surface area (Å²) in [7, 11) is -2.88. The fourth-order valence-corrected chi connectivity index (χ4v) is 1.57. The molecule has 1 atom stereocenters. The molecule has 0 aromatic rings. The van der Waals surface area contributed by atoms with Gasteiger partial charge in [-0.15, -0.1) is 0 Å². The van der Waals surface area contributed by atoms with Crippen LogP contribution in [0.3, 0.4) is 0 Å². The van der Waals surface area contributed by atoms with Crippen molar-refractivity contribution < 1.29 is 18.5 Å². The van der Waals surface area contributed by atoms with Crippen molar-refractivity contribution in [1.29, 1.82) is 0 Å². The third kappa shape index (κ3) is 8.70. The molecule has 0 aliphatic rings. The Hall–Kier alpha value is 0.110. The lowest BCUT2D eigenvalue weighted by Crippen LogP contribution is -2.06. The Balaban J connectivity index is 3.17. The molecule has 14 heavy (non-hydrogen) atoms. The molecule has 0 fully saturated rings. The third-order valence-corrected chi connectivity index (χ3v) is 2.92. The lowest BCUT2D eigenvalue weighted by atomic mass is 10.1. The topological polar surface area (TPSA) is 58.6 Å². The van der Waals surface area contributed by atoms with Crippen LogP contribution in [0.15, 0.2) is 0 Å². The van der Waals surface area contributed by atoms with Crippen LogP contribution in [-0.4, -0.2) is 13.7 Å². The van der Waals surface area contributed by atoms with Crippen molar-refractivity contribution in [3.63, 3.8) is 0 Å². The first-order valence-electron chi connectivity index (χ1n) is 5.13. The molecule has 0 spiro atoms. The predicted molar refractivity (Wildman–Crippen MR) is 53.9 cm³/mol. The van der Waals surface area contributed by atoms with Gasteiger partial charge in [0.25, 0.3) is 7.82 Å². The zero-order chi connectivity index (χ0) is 10.9. The molecule has 0 heterocycles. The van der Waals surface area contributed by atoms with Crippen LogP contribution in [0.4, 0.5) is 0 Å². The Morgan fingerprint density at radius 3 is 2.29 bits per heavy atom. The van der Waals surface area contributed by atoms with Crippen LogP contribution in [0.2, 0.25) is 0 Å². The normalized spacial score (nSPS) is 15.4. The van der Waals surface area contributed by atoms with E-state index in [0.29, 0.717) is 0 Å². The summed E-state index contributed by atoms with van der Waals surface area (Å²) >= 11 is 0. The maximum absolute atomic E-state index is 10.7. The maximum atomic E-state index is 10.7. The van der Waals surface area contributed by atoms with E-state index in [1.165, 1.54) is 19.3 Å². The first-order valence-corrected chi connectivity index (χ1v) is 6.59. The van der Waals surface area contributed by atoms with Crippen molar-refractivity contribution in [3.05, 3.63) is 0 Å². The zero-order valence-corrected chi connectivity index (χ0v) is 9.92. The van der Waals surface area contributed by atoms with Crippen LogP contribution < -0.4 is 4.89 Å². The molecule has 4 nitrogen and oxygen atoms in total. The van der Waals surface area contributed by atoms with E-state index in [2.05, 4.69) is 16.0 Å². The minimum atomic E-state index is -3.98. The van der Waals surface area contributed by atoms with E-state index in [0.717, 1.165) is 26.4 Å². The fraction of sp³-hybridized carbons (Fsp3) is 1.00. The van der Waals surface area contributed by atoms with Crippen molar-refractivity contribution >= 4 is 7.82 Å². The van der Waals surface area contributed by atoms with Gasteiger partial charge in [0.2, 0.25) is 0 Å². The average molecular weight is 223 g/mol. The summed E-state index contributed by atoms with van der Waals surface area (Å²) < 4.78 is 19.4. The van der Waals surface area contributed by atoms with Gasteiger partial charge >= 0.3 is 0 Å². The second kappa shape index (κ2) is 8.42. The fourth-order valence-electron chi connectivity index (χ4n) is 1.11. The lowest BCUT2D eigenvalue weighted by Gasteiger charge is -2.19. The summed E-state index contributed by atoms with van der Waals surface area (Å²) in [5, 5.41) is 0. The molecule has 0 bridgehead atoms. The average Bonchev–Trinajstić information content (AvgIpc) is 2.16. The van der Waals surface area contributed by atoms with Crippen LogP contribution in [0.5, 0.6) is 0 Å². The van der Waals surface area contributed by atoms with Crippen molar-refractivity contribution in [1.82, 2.24) is 0 Å². The molecule has 0 saturated carbocycles. The molecule has 0 radical (unpaired) electrons. The van der Waals surface area contributed by atoms with E-state index in [1.807, 2.05) is 0 Å². The summed E-state index contributed by atoms with van der Waals surface area (Å²) in [5.74, 6) is 0. The van der Waals surface area contributed by atoms with E-state index in [-0.39, 0.29) is 6.61 Å². The zero-order valence-electron chi connectivity index (χ0n) is 9.03. The highest BCUT2D eigenvalue weighted by atomic mass is 31.2. The summed E-state index contributed by atoms with van der Waals surface area (Å²) in [6.45, 7) is 2.40. The molecule has 86 valence electrons. The van der Waals surface area contributed by atoms with Crippen molar-refractivity contribution in [2.75, 3.05) is 13.7 Å². The van der Waals surface area contributed by atoms with E-state index >= 15 is 0 Å². The molecular weight excluding hydrogens is 203 g/mol. The molecule has 0 aromatic heterocycles. The smallest absolute Gasteiger partial charge is 0.267 e. The van der Waals surface area contributed by atoms with E-state index in [4.69, 9.17) is 0 Å². The maximum Gasteiger partial charge on any atom is 0.267 e. The third-order valence-electron chi connectivity index (χ3n) is 1.97. The minimum absolute atomic E-state index is 0.237. The number of hydrogen-bond acceptors (Lipinski definition) is 4. The Kier molecular flexibility index (Phi) is 8.49. The quantitative estimate of drug-likeness (QED) is 0.445. The molecular formula is C9H20O4P-. The summed E-state index contributed by atoms with van der Waals surface area (Å²) in [6, 6.07) is 0. The second-order valence-electron chi connectivity index (χ2n) is 3.23. The lowest BCUT2D eigenvalue weighted by molar-refractivity contribution is -0.223. The van der Waals surface area contributed by atoms with Crippen molar-refractivity contribution in [2.24, 2.45) is 0 Å². The molecule has 0 aromatic carbocycles. The molecule has 0 amide bonds. The number of rotatable bonds is 9. The van der Waals surface area contributed by atoms with Gasteiger partial charge in [-0.2, -0.15) is 0 Å². The van der Waals surface area contributed by atoms with Gasteiger partial charge in [-0.1, -0.05) is 39.0 Å². The largest absolute Gasteiger partial charge is 0.756 e. The van der Waals surface area contributed by atoms with Gasteiger partial charge in [-0.3, -0.25) is 4.57 Å². The van der Waals surface area contributed by atoms with E-state index in [1.54, 1.807) is 0 Å². The van der Waals surface area contributed by atoms with Crippen LogP contribution in [-0.2, 0) is 13.6 Å². The molecule has 0 aliphatic heterocycles. The first kappa shape index (κ1) is 14.1. The first-order chi connectivity index (χ1) is 6.62. The second-order valence-corrected chi connectivity index (χ2v) is 4.75.